The largest absolute Gasteiger partial charge is 0.480 e. The molecule has 7 heteroatoms. The molecular weight excluding hydrogens is 330 g/mol. The van der Waals surface area contributed by atoms with Crippen LogP contribution in [0.4, 0.5) is 0 Å². The second-order valence-corrected chi connectivity index (χ2v) is 5.94. The maximum atomic E-state index is 12.7. The number of ether oxygens (including phenoxy) is 1. The number of carbonyl (C=O) groups excluding carboxylic acids is 1. The number of nitrogens with zero attached hydrogens (tertiary/aromatic N) is 5. The molecule has 3 rings (SSSR count). The number of benzene rings is 1. The molecule has 0 fully saturated rings. The van der Waals surface area contributed by atoms with Crippen molar-refractivity contribution in [1.29, 1.82) is 0 Å². The predicted molar refractivity (Wildman–Crippen MR) is 97.9 cm³/mol. The number of amides is 1. The molecule has 134 valence electrons. The summed E-state index contributed by atoms with van der Waals surface area (Å²) in [6, 6.07) is 11.0. The van der Waals surface area contributed by atoms with Crippen LogP contribution in [0.1, 0.15) is 16.2 Å². The Morgan fingerprint density at radius 2 is 2.08 bits per heavy atom. The summed E-state index contributed by atoms with van der Waals surface area (Å²) < 4.78 is 7.04. The minimum Gasteiger partial charge on any atom is -0.480 e. The molecule has 0 unspecified atom stereocenters. The van der Waals surface area contributed by atoms with Crippen LogP contribution < -0.4 is 4.74 Å². The number of aromatic nitrogens is 4. The number of aryl methyl sites for hydroxylation is 1. The van der Waals surface area contributed by atoms with Crippen LogP contribution in [0.2, 0.25) is 0 Å². The summed E-state index contributed by atoms with van der Waals surface area (Å²) in [4.78, 5) is 18.6. The Morgan fingerprint density at radius 3 is 2.73 bits per heavy atom. The van der Waals surface area contributed by atoms with E-state index in [1.165, 1.54) is 0 Å². The maximum absolute atomic E-state index is 12.7. The molecule has 0 N–H and O–H groups in total. The summed E-state index contributed by atoms with van der Waals surface area (Å²) in [5.74, 6) is 1.35. The first-order valence-electron chi connectivity index (χ1n) is 8.30. The minimum atomic E-state index is -0.0360. The van der Waals surface area contributed by atoms with Gasteiger partial charge in [-0.1, -0.05) is 12.1 Å². The molecule has 2 aromatic heterocycles. The molecule has 26 heavy (non-hydrogen) atoms. The summed E-state index contributed by atoms with van der Waals surface area (Å²) in [6.45, 7) is 3.25. The lowest BCUT2D eigenvalue weighted by atomic mass is 10.1. The number of hydrogen-bond donors (Lipinski definition) is 0. The number of hydrogen-bond acceptors (Lipinski definition) is 5. The number of methoxy groups -OCH3 is 1. The molecule has 0 bridgehead atoms. The zero-order valence-electron chi connectivity index (χ0n) is 15.1. The molecule has 0 spiro atoms. The highest BCUT2D eigenvalue weighted by molar-refractivity contribution is 5.95. The maximum Gasteiger partial charge on any atom is 0.253 e. The second-order valence-electron chi connectivity index (χ2n) is 5.94. The Balaban J connectivity index is 1.71. The molecule has 1 aromatic carbocycles. The van der Waals surface area contributed by atoms with E-state index in [4.69, 9.17) is 4.74 Å². The molecule has 0 aliphatic rings. The zero-order chi connectivity index (χ0) is 18.5. The third kappa shape index (κ3) is 3.88. The van der Waals surface area contributed by atoms with E-state index in [0.29, 0.717) is 30.2 Å². The summed E-state index contributed by atoms with van der Waals surface area (Å²) in [5, 5.41) is 8.11. The molecule has 0 radical (unpaired) electrons. The summed E-state index contributed by atoms with van der Waals surface area (Å²) in [6.07, 6.45) is 3.67. The van der Waals surface area contributed by atoms with Gasteiger partial charge in [0.25, 0.3) is 5.91 Å². The van der Waals surface area contributed by atoms with E-state index in [1.54, 1.807) is 31.3 Å². The van der Waals surface area contributed by atoms with Gasteiger partial charge in [-0.25, -0.2) is 4.98 Å². The molecule has 2 heterocycles. The average Bonchev–Trinajstić information content (AvgIpc) is 3.10. The third-order valence-electron chi connectivity index (χ3n) is 4.20. The van der Waals surface area contributed by atoms with Gasteiger partial charge in [-0.15, -0.1) is 10.2 Å². The first-order chi connectivity index (χ1) is 12.6. The fourth-order valence-electron chi connectivity index (χ4n) is 2.61. The van der Waals surface area contributed by atoms with Crippen LogP contribution in [-0.2, 0) is 6.54 Å². The quantitative estimate of drug-likeness (QED) is 0.682. The van der Waals surface area contributed by atoms with Crippen molar-refractivity contribution in [2.75, 3.05) is 20.7 Å². The fourth-order valence-corrected chi connectivity index (χ4v) is 2.61. The van der Waals surface area contributed by atoms with Crippen molar-refractivity contribution in [2.24, 2.45) is 0 Å². The Hall–Kier alpha value is -3.22. The lowest BCUT2D eigenvalue weighted by molar-refractivity contribution is 0.0790. The molecule has 0 aliphatic carbocycles. The van der Waals surface area contributed by atoms with Crippen molar-refractivity contribution in [3.8, 4) is 17.1 Å². The lowest BCUT2D eigenvalue weighted by Crippen LogP contribution is -2.30. The average molecular weight is 351 g/mol. The van der Waals surface area contributed by atoms with Crippen LogP contribution in [0.25, 0.3) is 11.3 Å². The highest BCUT2D eigenvalue weighted by Crippen LogP contribution is 2.19. The third-order valence-corrected chi connectivity index (χ3v) is 4.20. The van der Waals surface area contributed by atoms with Crippen LogP contribution in [0.15, 0.2) is 48.8 Å². The molecule has 0 saturated carbocycles. The molecule has 1 amide bonds. The zero-order valence-corrected chi connectivity index (χ0v) is 15.1. The van der Waals surface area contributed by atoms with Gasteiger partial charge in [0.1, 0.15) is 5.82 Å². The SMILES string of the molecule is COc1ccc(-c2cccc(C(=O)N(C)CCn3ccnc3C)c2)nn1. The van der Waals surface area contributed by atoms with Gasteiger partial charge in [0, 0.05) is 49.7 Å². The van der Waals surface area contributed by atoms with Crippen LogP contribution in [0.5, 0.6) is 5.88 Å². The Kier molecular flexibility index (Phi) is 5.26. The number of carbonyl (C=O) groups is 1. The Bertz CT molecular complexity index is 889. The number of likely N-dealkylation sites (N-methyl/N-ethyl adjacent to an activating group) is 1. The van der Waals surface area contributed by atoms with Crippen LogP contribution in [0.3, 0.4) is 0 Å². The number of imidazole rings is 1. The predicted octanol–water partition coefficient (Wildman–Crippen LogP) is 2.43. The van der Waals surface area contributed by atoms with E-state index in [1.807, 2.05) is 48.0 Å². The van der Waals surface area contributed by atoms with Gasteiger partial charge < -0.3 is 14.2 Å². The van der Waals surface area contributed by atoms with Crippen LogP contribution in [0, 0.1) is 6.92 Å². The van der Waals surface area contributed by atoms with Crippen LogP contribution in [-0.4, -0.2) is 51.3 Å². The molecule has 3 aromatic rings. The minimum absolute atomic E-state index is 0.0360. The van der Waals surface area contributed by atoms with E-state index in [0.717, 1.165) is 11.4 Å². The van der Waals surface area contributed by atoms with E-state index in [9.17, 15) is 4.79 Å². The highest BCUT2D eigenvalue weighted by atomic mass is 16.5. The van der Waals surface area contributed by atoms with E-state index >= 15 is 0 Å². The first kappa shape index (κ1) is 17.6. The molecule has 0 aliphatic heterocycles. The molecule has 7 nitrogen and oxygen atoms in total. The van der Waals surface area contributed by atoms with E-state index in [-0.39, 0.29) is 5.91 Å². The summed E-state index contributed by atoms with van der Waals surface area (Å²) in [5.41, 5.74) is 2.15. The Labute approximate surface area is 152 Å². The van der Waals surface area contributed by atoms with Crippen molar-refractivity contribution < 1.29 is 9.53 Å². The van der Waals surface area contributed by atoms with Gasteiger partial charge in [0.05, 0.1) is 12.8 Å². The summed E-state index contributed by atoms with van der Waals surface area (Å²) >= 11 is 0. The standard InChI is InChI=1S/C19H21N5O2/c1-14-20-9-10-24(14)12-11-23(2)19(25)16-6-4-5-15(13-16)17-7-8-18(26-3)22-21-17/h4-10,13H,11-12H2,1-3H3. The van der Waals surface area contributed by atoms with Gasteiger partial charge in [-0.2, -0.15) is 0 Å². The van der Waals surface area contributed by atoms with Gasteiger partial charge >= 0.3 is 0 Å². The fraction of sp³-hybridized carbons (Fsp3) is 0.263. The Morgan fingerprint density at radius 1 is 1.23 bits per heavy atom. The summed E-state index contributed by atoms with van der Waals surface area (Å²) in [7, 11) is 3.35. The van der Waals surface area contributed by atoms with E-state index in [2.05, 4.69) is 15.2 Å². The smallest absolute Gasteiger partial charge is 0.253 e. The van der Waals surface area contributed by atoms with Gasteiger partial charge in [-0.05, 0) is 25.1 Å². The van der Waals surface area contributed by atoms with E-state index < -0.39 is 0 Å². The van der Waals surface area contributed by atoms with Crippen molar-refractivity contribution >= 4 is 5.91 Å². The molecule has 0 saturated heterocycles. The van der Waals surface area contributed by atoms with Crippen molar-refractivity contribution in [1.82, 2.24) is 24.6 Å². The lowest BCUT2D eigenvalue weighted by Gasteiger charge is -2.18. The van der Waals surface area contributed by atoms with Gasteiger partial charge in [-0.3, -0.25) is 4.79 Å². The number of rotatable bonds is 6. The van der Waals surface area contributed by atoms with Crippen molar-refractivity contribution in [2.45, 2.75) is 13.5 Å². The topological polar surface area (TPSA) is 73.1 Å². The van der Waals surface area contributed by atoms with Crippen LogP contribution >= 0.6 is 0 Å². The first-order valence-corrected chi connectivity index (χ1v) is 8.30. The van der Waals surface area contributed by atoms with Crippen molar-refractivity contribution in [3.05, 3.63) is 60.2 Å². The second kappa shape index (κ2) is 7.77. The normalized spacial score (nSPS) is 10.6. The van der Waals surface area contributed by atoms with Gasteiger partial charge in [0.15, 0.2) is 0 Å². The molecule has 0 atom stereocenters. The molecular formula is C19H21N5O2. The van der Waals surface area contributed by atoms with Gasteiger partial charge in [0.2, 0.25) is 5.88 Å². The van der Waals surface area contributed by atoms with Crippen molar-refractivity contribution in [3.63, 3.8) is 0 Å². The monoisotopic (exact) mass is 351 g/mol. The highest BCUT2D eigenvalue weighted by Gasteiger charge is 2.13.